The van der Waals surface area contributed by atoms with Gasteiger partial charge in [0.15, 0.2) is 11.6 Å². The third-order valence-corrected chi connectivity index (χ3v) is 3.69. The molecule has 120 valence electrons. The zero-order valence-electron chi connectivity index (χ0n) is 12.3. The molecule has 0 aliphatic carbocycles. The number of amides is 2. The highest BCUT2D eigenvalue weighted by Crippen LogP contribution is 2.25. The van der Waals surface area contributed by atoms with E-state index in [9.17, 15) is 18.4 Å². The van der Waals surface area contributed by atoms with E-state index < -0.39 is 23.5 Å². The first-order valence-corrected chi connectivity index (χ1v) is 6.99. The molecule has 0 radical (unpaired) electrons. The lowest BCUT2D eigenvalue weighted by Crippen LogP contribution is -2.27. The number of hydrogen-bond donors (Lipinski definition) is 1. The fraction of sp³-hybridized carbons (Fsp3) is 0.267. The van der Waals surface area contributed by atoms with Crippen LogP contribution in [0.15, 0.2) is 30.6 Å². The Morgan fingerprint density at radius 1 is 1.35 bits per heavy atom. The first-order chi connectivity index (χ1) is 10.9. The third kappa shape index (κ3) is 3.05. The van der Waals surface area contributed by atoms with E-state index in [1.54, 1.807) is 24.1 Å². The summed E-state index contributed by atoms with van der Waals surface area (Å²) in [6.45, 7) is 0.222. The summed E-state index contributed by atoms with van der Waals surface area (Å²) in [5.74, 6) is -3.17. The normalized spacial score (nSPS) is 17.6. The van der Waals surface area contributed by atoms with Crippen molar-refractivity contribution < 1.29 is 18.4 Å². The SMILES string of the molecule is Cn1cc(N2C[C@H](C(=O)Nc3ccc(F)c(F)c3)CC2=O)cn1. The van der Waals surface area contributed by atoms with Crippen LogP contribution < -0.4 is 10.2 Å². The van der Waals surface area contributed by atoms with E-state index in [0.29, 0.717) is 5.69 Å². The number of nitrogens with zero attached hydrogens (tertiary/aromatic N) is 3. The zero-order valence-corrected chi connectivity index (χ0v) is 12.3. The van der Waals surface area contributed by atoms with Crippen molar-refractivity contribution in [2.45, 2.75) is 6.42 Å². The number of aryl methyl sites for hydroxylation is 1. The van der Waals surface area contributed by atoms with E-state index in [2.05, 4.69) is 10.4 Å². The van der Waals surface area contributed by atoms with Gasteiger partial charge in [-0.05, 0) is 12.1 Å². The Bertz CT molecular complexity index is 775. The van der Waals surface area contributed by atoms with Gasteiger partial charge in [-0.1, -0.05) is 0 Å². The minimum atomic E-state index is -1.04. The van der Waals surface area contributed by atoms with Crippen LogP contribution in [0, 0.1) is 17.6 Å². The zero-order chi connectivity index (χ0) is 16.6. The molecule has 1 aromatic carbocycles. The van der Waals surface area contributed by atoms with E-state index in [1.807, 2.05) is 0 Å². The van der Waals surface area contributed by atoms with Crippen LogP contribution >= 0.6 is 0 Å². The van der Waals surface area contributed by atoms with Gasteiger partial charge in [0.25, 0.3) is 0 Å². The number of hydrogen-bond acceptors (Lipinski definition) is 3. The Balaban J connectivity index is 1.69. The van der Waals surface area contributed by atoms with Crippen LogP contribution in [0.25, 0.3) is 0 Å². The molecule has 0 spiro atoms. The molecule has 2 heterocycles. The molecule has 1 aromatic heterocycles. The molecule has 0 bridgehead atoms. The van der Waals surface area contributed by atoms with Gasteiger partial charge < -0.3 is 10.2 Å². The first kappa shape index (κ1) is 15.1. The van der Waals surface area contributed by atoms with Crippen molar-refractivity contribution in [3.05, 3.63) is 42.2 Å². The number of aromatic nitrogens is 2. The fourth-order valence-corrected chi connectivity index (χ4v) is 2.50. The van der Waals surface area contributed by atoms with Gasteiger partial charge in [0.2, 0.25) is 11.8 Å². The largest absolute Gasteiger partial charge is 0.326 e. The third-order valence-electron chi connectivity index (χ3n) is 3.69. The molecule has 1 aliphatic heterocycles. The topological polar surface area (TPSA) is 67.2 Å². The van der Waals surface area contributed by atoms with Crippen LogP contribution in [0.4, 0.5) is 20.2 Å². The maximum Gasteiger partial charge on any atom is 0.229 e. The van der Waals surface area contributed by atoms with Crippen molar-refractivity contribution in [1.82, 2.24) is 9.78 Å². The van der Waals surface area contributed by atoms with Crippen molar-refractivity contribution in [2.75, 3.05) is 16.8 Å². The highest BCUT2D eigenvalue weighted by atomic mass is 19.2. The number of rotatable bonds is 3. The molecule has 1 fully saturated rings. The summed E-state index contributed by atoms with van der Waals surface area (Å²) in [5, 5.41) is 6.50. The molecule has 6 nitrogen and oxygen atoms in total. The molecule has 1 aliphatic rings. The highest BCUT2D eigenvalue weighted by molar-refractivity contribution is 6.03. The van der Waals surface area contributed by atoms with E-state index in [1.165, 1.54) is 11.0 Å². The molecule has 2 amide bonds. The maximum atomic E-state index is 13.2. The second kappa shape index (κ2) is 5.79. The van der Waals surface area contributed by atoms with E-state index in [0.717, 1.165) is 12.1 Å². The molecule has 23 heavy (non-hydrogen) atoms. The molecule has 1 saturated heterocycles. The van der Waals surface area contributed by atoms with Crippen molar-refractivity contribution >= 4 is 23.2 Å². The van der Waals surface area contributed by atoms with Crippen LogP contribution in [0.3, 0.4) is 0 Å². The molecule has 0 saturated carbocycles. The van der Waals surface area contributed by atoms with Crippen LogP contribution in [0.1, 0.15) is 6.42 Å². The summed E-state index contributed by atoms with van der Waals surface area (Å²) in [7, 11) is 1.73. The van der Waals surface area contributed by atoms with E-state index >= 15 is 0 Å². The maximum absolute atomic E-state index is 13.2. The number of benzene rings is 1. The number of carbonyl (C=O) groups excluding carboxylic acids is 2. The summed E-state index contributed by atoms with van der Waals surface area (Å²) >= 11 is 0. The fourth-order valence-electron chi connectivity index (χ4n) is 2.50. The Hall–Kier alpha value is -2.77. The first-order valence-electron chi connectivity index (χ1n) is 6.99. The minimum Gasteiger partial charge on any atom is -0.326 e. The lowest BCUT2D eigenvalue weighted by atomic mass is 10.1. The summed E-state index contributed by atoms with van der Waals surface area (Å²) in [5.41, 5.74) is 0.779. The van der Waals surface area contributed by atoms with Crippen LogP contribution in [0.2, 0.25) is 0 Å². The molecule has 2 aromatic rings. The van der Waals surface area contributed by atoms with Crippen LogP contribution in [0.5, 0.6) is 0 Å². The van der Waals surface area contributed by atoms with Crippen LogP contribution in [-0.2, 0) is 16.6 Å². The van der Waals surface area contributed by atoms with Crippen molar-refractivity contribution in [2.24, 2.45) is 13.0 Å². The second-order valence-corrected chi connectivity index (χ2v) is 5.40. The summed E-state index contributed by atoms with van der Waals surface area (Å²) in [4.78, 5) is 25.7. The molecule has 1 N–H and O–H groups in total. The quantitative estimate of drug-likeness (QED) is 0.936. The van der Waals surface area contributed by atoms with Gasteiger partial charge in [-0.25, -0.2) is 8.78 Å². The van der Waals surface area contributed by atoms with Gasteiger partial charge in [0.05, 0.1) is 17.8 Å². The van der Waals surface area contributed by atoms with Gasteiger partial charge in [0, 0.05) is 38.0 Å². The van der Waals surface area contributed by atoms with Crippen molar-refractivity contribution in [3.8, 4) is 0 Å². The van der Waals surface area contributed by atoms with E-state index in [-0.39, 0.29) is 24.6 Å². The second-order valence-electron chi connectivity index (χ2n) is 5.40. The van der Waals surface area contributed by atoms with Gasteiger partial charge in [-0.15, -0.1) is 0 Å². The number of halogens is 2. The average Bonchev–Trinajstić information content (AvgIpc) is 3.09. The number of nitrogens with one attached hydrogen (secondary N) is 1. The molecular formula is C15H14F2N4O2. The Morgan fingerprint density at radius 2 is 2.13 bits per heavy atom. The molecular weight excluding hydrogens is 306 g/mol. The highest BCUT2D eigenvalue weighted by Gasteiger charge is 2.35. The standard InChI is InChI=1S/C15H14F2N4O2/c1-20-8-11(6-18-20)21-7-9(4-14(21)22)15(23)19-10-2-3-12(16)13(17)5-10/h2-3,5-6,8-9H,4,7H2,1H3,(H,19,23)/t9-/m1/s1. The summed E-state index contributed by atoms with van der Waals surface area (Å²) in [6.07, 6.45) is 3.30. The van der Waals surface area contributed by atoms with Gasteiger partial charge in [-0.3, -0.25) is 14.3 Å². The lowest BCUT2D eigenvalue weighted by molar-refractivity contribution is -0.122. The van der Waals surface area contributed by atoms with E-state index in [4.69, 9.17) is 0 Å². The summed E-state index contributed by atoms with van der Waals surface area (Å²) in [6, 6.07) is 3.11. The number of carbonyl (C=O) groups is 2. The van der Waals surface area contributed by atoms with Gasteiger partial charge >= 0.3 is 0 Å². The molecule has 1 atom stereocenters. The Kier molecular flexibility index (Phi) is 3.81. The summed E-state index contributed by atoms with van der Waals surface area (Å²) < 4.78 is 27.6. The molecule has 8 heteroatoms. The monoisotopic (exact) mass is 320 g/mol. The predicted octanol–water partition coefficient (Wildman–Crippen LogP) is 1.69. The van der Waals surface area contributed by atoms with Crippen molar-refractivity contribution in [3.63, 3.8) is 0 Å². The Labute approximate surface area is 130 Å². The predicted molar refractivity (Wildman–Crippen MR) is 78.7 cm³/mol. The average molecular weight is 320 g/mol. The smallest absolute Gasteiger partial charge is 0.229 e. The minimum absolute atomic E-state index is 0.0599. The lowest BCUT2D eigenvalue weighted by Gasteiger charge is -2.14. The molecule has 0 unspecified atom stereocenters. The molecule has 3 rings (SSSR count). The number of anilines is 2. The van der Waals surface area contributed by atoms with Crippen molar-refractivity contribution in [1.29, 1.82) is 0 Å². The van der Waals surface area contributed by atoms with Crippen LogP contribution in [-0.4, -0.2) is 28.1 Å². The van der Waals surface area contributed by atoms with Gasteiger partial charge in [0.1, 0.15) is 0 Å². The Morgan fingerprint density at radius 3 is 2.78 bits per heavy atom. The van der Waals surface area contributed by atoms with Gasteiger partial charge in [-0.2, -0.15) is 5.10 Å².